The maximum Gasteiger partial charge on any atom is 0.243 e. The van der Waals surface area contributed by atoms with Crippen molar-refractivity contribution in [1.29, 1.82) is 0 Å². The van der Waals surface area contributed by atoms with Gasteiger partial charge in [-0.15, -0.1) is 6.58 Å². The molecule has 2 aliphatic rings. The Hall–Kier alpha value is -1.24. The van der Waals surface area contributed by atoms with E-state index in [0.717, 1.165) is 25.9 Å². The molecule has 0 N–H and O–H groups in total. The van der Waals surface area contributed by atoms with Gasteiger partial charge in [0.1, 0.15) is 5.82 Å². The van der Waals surface area contributed by atoms with Crippen molar-refractivity contribution in [3.8, 4) is 0 Å². The molecule has 0 spiro atoms. The lowest BCUT2D eigenvalue weighted by atomic mass is 10.1. The third-order valence-corrected chi connectivity index (χ3v) is 6.36. The van der Waals surface area contributed by atoms with Crippen LogP contribution in [0.25, 0.3) is 0 Å². The molecular formula is C15H19FN2O2S. The third-order valence-electron chi connectivity index (χ3n) is 4.42. The van der Waals surface area contributed by atoms with Crippen molar-refractivity contribution >= 4 is 10.0 Å². The van der Waals surface area contributed by atoms with Gasteiger partial charge in [0.25, 0.3) is 0 Å². The van der Waals surface area contributed by atoms with Crippen molar-refractivity contribution in [3.05, 3.63) is 42.7 Å². The van der Waals surface area contributed by atoms with Crippen LogP contribution < -0.4 is 0 Å². The van der Waals surface area contributed by atoms with Gasteiger partial charge in [-0.1, -0.05) is 6.08 Å². The van der Waals surface area contributed by atoms with Crippen LogP contribution in [0.5, 0.6) is 0 Å². The van der Waals surface area contributed by atoms with E-state index in [0.29, 0.717) is 6.54 Å². The number of hydrogen-bond acceptors (Lipinski definition) is 3. The molecule has 21 heavy (non-hydrogen) atoms. The lowest BCUT2D eigenvalue weighted by Crippen LogP contribution is -2.39. The van der Waals surface area contributed by atoms with Gasteiger partial charge >= 0.3 is 0 Å². The van der Waals surface area contributed by atoms with Crippen LogP contribution in [0.1, 0.15) is 12.8 Å². The molecule has 1 aromatic rings. The standard InChI is InChI=1S/C15H19FN2O2S/c1-2-9-17-10-7-15-14(17)8-11-18(15)21(19,20)13-5-3-12(16)4-6-13/h2-6,14-15H,1,7-11H2/t14-,15+/m0/s1. The first kappa shape index (κ1) is 14.7. The summed E-state index contributed by atoms with van der Waals surface area (Å²) in [6.45, 7) is 5.98. The number of halogens is 1. The van der Waals surface area contributed by atoms with Crippen LogP contribution in [0.15, 0.2) is 41.8 Å². The number of hydrogen-bond donors (Lipinski definition) is 0. The second kappa shape index (κ2) is 5.51. The van der Waals surface area contributed by atoms with Gasteiger partial charge in [0.05, 0.1) is 4.90 Å². The number of fused-ring (bicyclic) bond motifs is 1. The molecule has 2 atom stereocenters. The Morgan fingerprint density at radius 1 is 1.19 bits per heavy atom. The molecule has 2 saturated heterocycles. The fourth-order valence-electron chi connectivity index (χ4n) is 3.47. The lowest BCUT2D eigenvalue weighted by molar-refractivity contribution is 0.273. The Kier molecular flexibility index (Phi) is 3.86. The minimum atomic E-state index is -3.53. The number of nitrogens with zero attached hydrogens (tertiary/aromatic N) is 2. The fraction of sp³-hybridized carbons (Fsp3) is 0.467. The summed E-state index contributed by atoms with van der Waals surface area (Å²) in [5, 5.41) is 0. The van der Waals surface area contributed by atoms with Gasteiger partial charge < -0.3 is 0 Å². The van der Waals surface area contributed by atoms with E-state index in [4.69, 9.17) is 0 Å². The van der Waals surface area contributed by atoms with Crippen molar-refractivity contribution in [2.75, 3.05) is 19.6 Å². The summed E-state index contributed by atoms with van der Waals surface area (Å²) in [6.07, 6.45) is 3.55. The molecule has 2 heterocycles. The number of rotatable bonds is 4. The average Bonchev–Trinajstić information content (AvgIpc) is 3.03. The smallest absolute Gasteiger partial charge is 0.243 e. The van der Waals surface area contributed by atoms with E-state index in [1.807, 2.05) is 6.08 Å². The maximum atomic E-state index is 13.0. The van der Waals surface area contributed by atoms with E-state index >= 15 is 0 Å². The zero-order chi connectivity index (χ0) is 15.0. The molecule has 0 saturated carbocycles. The highest BCUT2D eigenvalue weighted by atomic mass is 32.2. The second-order valence-electron chi connectivity index (χ2n) is 5.57. The quantitative estimate of drug-likeness (QED) is 0.797. The molecule has 2 aliphatic heterocycles. The van der Waals surface area contributed by atoms with Gasteiger partial charge in [-0.2, -0.15) is 4.31 Å². The highest BCUT2D eigenvalue weighted by Crippen LogP contribution is 2.35. The van der Waals surface area contributed by atoms with Gasteiger partial charge in [-0.3, -0.25) is 4.90 Å². The summed E-state index contributed by atoms with van der Waals surface area (Å²) < 4.78 is 40.0. The summed E-state index contributed by atoms with van der Waals surface area (Å²) in [5.41, 5.74) is 0. The summed E-state index contributed by atoms with van der Waals surface area (Å²) in [7, 11) is -3.53. The zero-order valence-corrected chi connectivity index (χ0v) is 12.6. The number of likely N-dealkylation sites (tertiary alicyclic amines) is 1. The van der Waals surface area contributed by atoms with Crippen LogP contribution in [0.4, 0.5) is 4.39 Å². The molecule has 0 unspecified atom stereocenters. The molecular weight excluding hydrogens is 291 g/mol. The first-order chi connectivity index (χ1) is 10.0. The third kappa shape index (κ3) is 2.52. The molecule has 4 nitrogen and oxygen atoms in total. The Bertz CT molecular complexity index is 630. The molecule has 114 valence electrons. The monoisotopic (exact) mass is 310 g/mol. The highest BCUT2D eigenvalue weighted by Gasteiger charge is 2.46. The minimum absolute atomic E-state index is 0.0278. The van der Waals surface area contributed by atoms with Crippen LogP contribution in [-0.2, 0) is 10.0 Å². The van der Waals surface area contributed by atoms with E-state index in [1.165, 1.54) is 24.3 Å². The predicted octanol–water partition coefficient (Wildman–Crippen LogP) is 1.85. The molecule has 0 aromatic heterocycles. The van der Waals surface area contributed by atoms with Gasteiger partial charge in [0.2, 0.25) is 10.0 Å². The van der Waals surface area contributed by atoms with Crippen LogP contribution in [0.3, 0.4) is 0 Å². The minimum Gasteiger partial charge on any atom is -0.295 e. The highest BCUT2D eigenvalue weighted by molar-refractivity contribution is 7.89. The SMILES string of the molecule is C=CCN1CC[C@@H]2[C@@H]1CCN2S(=O)(=O)c1ccc(F)cc1. The lowest BCUT2D eigenvalue weighted by Gasteiger charge is -2.24. The first-order valence-electron chi connectivity index (χ1n) is 7.16. The van der Waals surface area contributed by atoms with E-state index in [1.54, 1.807) is 4.31 Å². The van der Waals surface area contributed by atoms with E-state index in [9.17, 15) is 12.8 Å². The fourth-order valence-corrected chi connectivity index (χ4v) is 5.17. The number of sulfonamides is 1. The topological polar surface area (TPSA) is 40.6 Å². The van der Waals surface area contributed by atoms with Gasteiger partial charge in [-0.25, -0.2) is 12.8 Å². The maximum absolute atomic E-state index is 13.0. The second-order valence-corrected chi connectivity index (χ2v) is 7.46. The van der Waals surface area contributed by atoms with Crippen molar-refractivity contribution in [1.82, 2.24) is 9.21 Å². The molecule has 1 aromatic carbocycles. The Morgan fingerprint density at radius 3 is 2.52 bits per heavy atom. The van der Waals surface area contributed by atoms with Crippen LogP contribution in [0.2, 0.25) is 0 Å². The Morgan fingerprint density at radius 2 is 1.86 bits per heavy atom. The average molecular weight is 310 g/mol. The van der Waals surface area contributed by atoms with Gasteiger partial charge in [-0.05, 0) is 37.1 Å². The number of benzene rings is 1. The van der Waals surface area contributed by atoms with Crippen molar-refractivity contribution in [2.24, 2.45) is 0 Å². The summed E-state index contributed by atoms with van der Waals surface area (Å²) >= 11 is 0. The van der Waals surface area contributed by atoms with E-state index in [2.05, 4.69) is 11.5 Å². The van der Waals surface area contributed by atoms with Crippen molar-refractivity contribution in [3.63, 3.8) is 0 Å². The first-order valence-corrected chi connectivity index (χ1v) is 8.60. The Balaban J connectivity index is 1.84. The molecule has 2 fully saturated rings. The van der Waals surface area contributed by atoms with E-state index < -0.39 is 15.8 Å². The van der Waals surface area contributed by atoms with Crippen molar-refractivity contribution in [2.45, 2.75) is 29.8 Å². The van der Waals surface area contributed by atoms with Crippen molar-refractivity contribution < 1.29 is 12.8 Å². The normalized spacial score (nSPS) is 26.9. The van der Waals surface area contributed by atoms with Crippen LogP contribution in [-0.4, -0.2) is 49.3 Å². The van der Waals surface area contributed by atoms with E-state index in [-0.39, 0.29) is 17.0 Å². The van der Waals surface area contributed by atoms with Crippen LogP contribution in [0, 0.1) is 5.82 Å². The molecule has 0 aliphatic carbocycles. The summed E-state index contributed by atoms with van der Waals surface area (Å²) in [6, 6.07) is 5.37. The molecule has 6 heteroatoms. The largest absolute Gasteiger partial charge is 0.295 e. The zero-order valence-electron chi connectivity index (χ0n) is 11.8. The molecule has 0 amide bonds. The molecule has 0 bridgehead atoms. The predicted molar refractivity (Wildman–Crippen MR) is 78.9 cm³/mol. The van der Waals surface area contributed by atoms with Gasteiger partial charge in [0.15, 0.2) is 0 Å². The summed E-state index contributed by atoms with van der Waals surface area (Å²) in [4.78, 5) is 2.46. The van der Waals surface area contributed by atoms with Crippen LogP contribution >= 0.6 is 0 Å². The summed E-state index contributed by atoms with van der Waals surface area (Å²) in [5.74, 6) is -0.425. The van der Waals surface area contributed by atoms with Gasteiger partial charge in [0, 0.05) is 31.7 Å². The molecule has 0 radical (unpaired) electrons. The molecule has 3 rings (SSSR count). The Labute approximate surface area is 124 Å².